The molecule has 1 aliphatic heterocycles. The van der Waals surface area contributed by atoms with Crippen LogP contribution >= 0.6 is 0 Å². The Morgan fingerprint density at radius 1 is 1.42 bits per heavy atom. The molecule has 0 unspecified atom stereocenters. The van der Waals surface area contributed by atoms with E-state index in [1.807, 2.05) is 13.8 Å². The Morgan fingerprint density at radius 2 is 2.11 bits per heavy atom. The first kappa shape index (κ1) is 16.8. The number of hydrogen-bond donors (Lipinski definition) is 0. The SMILES string of the molecule is CC(C)O[C@H](CO[C@H]1CCOC1)CN(C)S(C)(=O)=O. The zero-order valence-corrected chi connectivity index (χ0v) is 13.0. The van der Waals surface area contributed by atoms with Gasteiger partial charge in [0.15, 0.2) is 0 Å². The molecule has 0 aliphatic carbocycles. The van der Waals surface area contributed by atoms with Gasteiger partial charge < -0.3 is 14.2 Å². The van der Waals surface area contributed by atoms with Gasteiger partial charge in [0.25, 0.3) is 0 Å². The minimum Gasteiger partial charge on any atom is -0.379 e. The maximum absolute atomic E-state index is 11.4. The van der Waals surface area contributed by atoms with Gasteiger partial charge in [-0.1, -0.05) is 0 Å². The summed E-state index contributed by atoms with van der Waals surface area (Å²) in [4.78, 5) is 0. The summed E-state index contributed by atoms with van der Waals surface area (Å²) in [5.74, 6) is 0. The third kappa shape index (κ3) is 6.67. The van der Waals surface area contributed by atoms with Crippen LogP contribution in [0.3, 0.4) is 0 Å². The van der Waals surface area contributed by atoms with Crippen molar-refractivity contribution in [2.24, 2.45) is 0 Å². The maximum atomic E-state index is 11.4. The first-order valence-electron chi connectivity index (χ1n) is 6.55. The van der Waals surface area contributed by atoms with Crippen LogP contribution in [-0.2, 0) is 24.2 Å². The van der Waals surface area contributed by atoms with E-state index in [0.29, 0.717) is 19.8 Å². The van der Waals surface area contributed by atoms with Crippen molar-refractivity contribution in [1.82, 2.24) is 4.31 Å². The fourth-order valence-corrected chi connectivity index (χ4v) is 2.27. The van der Waals surface area contributed by atoms with Gasteiger partial charge in [-0.3, -0.25) is 0 Å². The molecule has 0 spiro atoms. The Morgan fingerprint density at radius 3 is 2.58 bits per heavy atom. The normalized spacial score (nSPS) is 22.3. The first-order valence-corrected chi connectivity index (χ1v) is 8.40. The molecule has 1 aliphatic rings. The largest absolute Gasteiger partial charge is 0.379 e. The summed E-state index contributed by atoms with van der Waals surface area (Å²) in [6.07, 6.45) is 1.94. The van der Waals surface area contributed by atoms with Crippen LogP contribution in [0.15, 0.2) is 0 Å². The average molecular weight is 295 g/mol. The zero-order chi connectivity index (χ0) is 14.5. The number of hydrogen-bond acceptors (Lipinski definition) is 5. The summed E-state index contributed by atoms with van der Waals surface area (Å²) in [5.41, 5.74) is 0. The van der Waals surface area contributed by atoms with Gasteiger partial charge in [-0.25, -0.2) is 12.7 Å². The summed E-state index contributed by atoms with van der Waals surface area (Å²) in [7, 11) is -1.65. The van der Waals surface area contributed by atoms with E-state index < -0.39 is 10.0 Å². The standard InChI is InChI=1S/C12H25NO5S/c1-10(2)18-12(7-13(3)19(4,14)15)9-17-11-5-6-16-8-11/h10-12H,5-9H2,1-4H3/t11-,12-/m0/s1. The van der Waals surface area contributed by atoms with Crippen molar-refractivity contribution in [2.75, 3.05) is 39.7 Å². The molecule has 0 amide bonds. The molecular weight excluding hydrogens is 270 g/mol. The van der Waals surface area contributed by atoms with Gasteiger partial charge in [0.05, 0.1) is 37.8 Å². The van der Waals surface area contributed by atoms with Crippen LogP contribution in [-0.4, -0.2) is 70.7 Å². The summed E-state index contributed by atoms with van der Waals surface area (Å²) in [6, 6.07) is 0. The van der Waals surface area contributed by atoms with Gasteiger partial charge in [0.1, 0.15) is 0 Å². The summed E-state index contributed by atoms with van der Waals surface area (Å²) in [5, 5.41) is 0. The predicted molar refractivity (Wildman–Crippen MR) is 72.7 cm³/mol. The summed E-state index contributed by atoms with van der Waals surface area (Å²) >= 11 is 0. The van der Waals surface area contributed by atoms with E-state index in [-0.39, 0.29) is 18.3 Å². The van der Waals surface area contributed by atoms with Crippen LogP contribution in [0.4, 0.5) is 0 Å². The monoisotopic (exact) mass is 295 g/mol. The van der Waals surface area contributed by atoms with Gasteiger partial charge in [-0.05, 0) is 20.3 Å². The molecule has 1 saturated heterocycles. The van der Waals surface area contributed by atoms with E-state index >= 15 is 0 Å². The predicted octanol–water partition coefficient (Wildman–Crippen LogP) is 0.477. The Balaban J connectivity index is 2.46. The first-order chi connectivity index (χ1) is 8.79. The van der Waals surface area contributed by atoms with Crippen LogP contribution in [0, 0.1) is 0 Å². The number of rotatable bonds is 8. The van der Waals surface area contributed by atoms with Crippen molar-refractivity contribution in [2.45, 2.75) is 38.6 Å². The van der Waals surface area contributed by atoms with E-state index in [2.05, 4.69) is 0 Å². The lowest BCUT2D eigenvalue weighted by atomic mass is 10.3. The number of ether oxygens (including phenoxy) is 3. The second-order valence-corrected chi connectivity index (χ2v) is 7.26. The fourth-order valence-electron chi connectivity index (χ4n) is 1.83. The molecule has 0 radical (unpaired) electrons. The molecule has 1 fully saturated rings. The van der Waals surface area contributed by atoms with Crippen molar-refractivity contribution in [3.63, 3.8) is 0 Å². The van der Waals surface area contributed by atoms with Crippen LogP contribution in [0.25, 0.3) is 0 Å². The molecule has 0 aromatic heterocycles. The van der Waals surface area contributed by atoms with Crippen molar-refractivity contribution >= 4 is 10.0 Å². The van der Waals surface area contributed by atoms with Gasteiger partial charge in [0, 0.05) is 20.2 Å². The second-order valence-electron chi connectivity index (χ2n) is 5.17. The van der Waals surface area contributed by atoms with Crippen molar-refractivity contribution in [3.05, 3.63) is 0 Å². The highest BCUT2D eigenvalue weighted by molar-refractivity contribution is 7.88. The Labute approximate surface area is 116 Å². The molecule has 114 valence electrons. The van der Waals surface area contributed by atoms with E-state index in [1.165, 1.54) is 10.6 Å². The molecule has 2 atom stereocenters. The summed E-state index contributed by atoms with van der Waals surface area (Å²) < 4.78 is 40.8. The Hall–Kier alpha value is -0.210. The van der Waals surface area contributed by atoms with Crippen LogP contribution in [0.2, 0.25) is 0 Å². The average Bonchev–Trinajstić information content (AvgIpc) is 2.76. The lowest BCUT2D eigenvalue weighted by Crippen LogP contribution is -2.39. The second kappa shape index (κ2) is 7.54. The quantitative estimate of drug-likeness (QED) is 0.651. The smallest absolute Gasteiger partial charge is 0.211 e. The third-order valence-corrected chi connectivity index (χ3v) is 4.18. The molecule has 0 N–H and O–H groups in total. The lowest BCUT2D eigenvalue weighted by molar-refractivity contribution is -0.0691. The van der Waals surface area contributed by atoms with Crippen molar-refractivity contribution in [3.8, 4) is 0 Å². The van der Waals surface area contributed by atoms with Crippen molar-refractivity contribution in [1.29, 1.82) is 0 Å². The molecule has 0 aromatic carbocycles. The van der Waals surface area contributed by atoms with Gasteiger partial charge in [0.2, 0.25) is 10.0 Å². The van der Waals surface area contributed by atoms with E-state index in [4.69, 9.17) is 14.2 Å². The van der Waals surface area contributed by atoms with Crippen LogP contribution < -0.4 is 0 Å². The Bertz CT molecular complexity index is 351. The highest BCUT2D eigenvalue weighted by Crippen LogP contribution is 2.11. The third-order valence-electron chi connectivity index (χ3n) is 2.90. The number of likely N-dealkylation sites (N-methyl/N-ethyl adjacent to an activating group) is 1. The topological polar surface area (TPSA) is 65.1 Å². The van der Waals surface area contributed by atoms with Crippen LogP contribution in [0.1, 0.15) is 20.3 Å². The fraction of sp³-hybridized carbons (Fsp3) is 1.00. The number of nitrogens with zero attached hydrogens (tertiary/aromatic N) is 1. The summed E-state index contributed by atoms with van der Waals surface area (Å²) in [6.45, 7) is 5.86. The van der Waals surface area contributed by atoms with Crippen molar-refractivity contribution < 1.29 is 22.6 Å². The highest BCUT2D eigenvalue weighted by atomic mass is 32.2. The lowest BCUT2D eigenvalue weighted by Gasteiger charge is -2.25. The van der Waals surface area contributed by atoms with Crippen LogP contribution in [0.5, 0.6) is 0 Å². The molecule has 7 heteroatoms. The van der Waals surface area contributed by atoms with Gasteiger partial charge >= 0.3 is 0 Å². The van der Waals surface area contributed by atoms with E-state index in [1.54, 1.807) is 7.05 Å². The highest BCUT2D eigenvalue weighted by Gasteiger charge is 2.22. The zero-order valence-electron chi connectivity index (χ0n) is 12.2. The molecule has 0 bridgehead atoms. The molecular formula is C12H25NO5S. The van der Waals surface area contributed by atoms with Gasteiger partial charge in [-0.2, -0.15) is 0 Å². The molecule has 0 saturated carbocycles. The van der Waals surface area contributed by atoms with Gasteiger partial charge in [-0.15, -0.1) is 0 Å². The van der Waals surface area contributed by atoms with E-state index in [9.17, 15) is 8.42 Å². The molecule has 6 nitrogen and oxygen atoms in total. The van der Waals surface area contributed by atoms with E-state index in [0.717, 1.165) is 13.0 Å². The minimum absolute atomic E-state index is 0.0291. The molecule has 1 heterocycles. The minimum atomic E-state index is -3.20. The molecule has 1 rings (SSSR count). The molecule has 19 heavy (non-hydrogen) atoms. The Kier molecular flexibility index (Phi) is 6.68. The number of sulfonamides is 1. The molecule has 0 aromatic rings. The maximum Gasteiger partial charge on any atom is 0.211 e.